The standard InChI is InChI=1S/C10H9ClFNO2/c1-4-7(12)2-6(11)9-8(4)5(3-13-9)10(14)15/h2,5,13H,3H2,1H3,(H,14,15). The molecule has 0 aliphatic carbocycles. The summed E-state index contributed by atoms with van der Waals surface area (Å²) >= 11 is 5.82. The van der Waals surface area contributed by atoms with E-state index in [-0.39, 0.29) is 11.6 Å². The van der Waals surface area contributed by atoms with Gasteiger partial charge in [0.25, 0.3) is 0 Å². The maximum Gasteiger partial charge on any atom is 0.312 e. The Hall–Kier alpha value is -1.29. The van der Waals surface area contributed by atoms with E-state index in [1.54, 1.807) is 6.92 Å². The molecule has 3 nitrogen and oxygen atoms in total. The monoisotopic (exact) mass is 229 g/mol. The molecule has 1 aliphatic heterocycles. The summed E-state index contributed by atoms with van der Waals surface area (Å²) in [6.07, 6.45) is 0. The van der Waals surface area contributed by atoms with Crippen molar-refractivity contribution in [3.8, 4) is 0 Å². The zero-order valence-corrected chi connectivity index (χ0v) is 8.73. The Kier molecular flexibility index (Phi) is 2.31. The number of benzene rings is 1. The minimum atomic E-state index is -0.967. The lowest BCUT2D eigenvalue weighted by Gasteiger charge is -2.09. The number of aliphatic carboxylic acids is 1. The first-order valence-electron chi connectivity index (χ1n) is 4.47. The van der Waals surface area contributed by atoms with Crippen molar-refractivity contribution < 1.29 is 14.3 Å². The maximum atomic E-state index is 13.4. The van der Waals surface area contributed by atoms with Crippen LogP contribution in [0.1, 0.15) is 17.0 Å². The molecular formula is C10H9ClFNO2. The quantitative estimate of drug-likeness (QED) is 0.777. The number of nitrogens with one attached hydrogen (secondary N) is 1. The molecule has 0 saturated heterocycles. The van der Waals surface area contributed by atoms with Crippen molar-refractivity contribution in [3.05, 3.63) is 28.0 Å². The van der Waals surface area contributed by atoms with Gasteiger partial charge < -0.3 is 10.4 Å². The number of carbonyl (C=O) groups is 1. The molecule has 2 N–H and O–H groups in total. The summed E-state index contributed by atoms with van der Waals surface area (Å²) in [5.41, 5.74) is 1.36. The fourth-order valence-electron chi connectivity index (χ4n) is 1.87. The van der Waals surface area contributed by atoms with E-state index >= 15 is 0 Å². The number of rotatable bonds is 1. The number of carboxylic acids is 1. The molecule has 1 aliphatic rings. The molecule has 0 saturated carbocycles. The lowest BCUT2D eigenvalue weighted by Crippen LogP contribution is -2.14. The van der Waals surface area contributed by atoms with Gasteiger partial charge in [0.2, 0.25) is 0 Å². The minimum absolute atomic E-state index is 0.233. The van der Waals surface area contributed by atoms with Gasteiger partial charge in [-0.25, -0.2) is 4.39 Å². The van der Waals surface area contributed by atoms with Crippen molar-refractivity contribution in [2.45, 2.75) is 12.8 Å². The van der Waals surface area contributed by atoms with Gasteiger partial charge in [0.15, 0.2) is 0 Å². The van der Waals surface area contributed by atoms with E-state index in [4.69, 9.17) is 16.7 Å². The fourth-order valence-corrected chi connectivity index (χ4v) is 2.13. The SMILES string of the molecule is Cc1c(F)cc(Cl)c2c1C(C(=O)O)CN2. The van der Waals surface area contributed by atoms with Crippen molar-refractivity contribution in [1.82, 2.24) is 0 Å². The molecule has 1 atom stereocenters. The van der Waals surface area contributed by atoms with Crippen LogP contribution in [-0.2, 0) is 4.79 Å². The Bertz CT molecular complexity index is 448. The second-order valence-corrected chi connectivity index (χ2v) is 3.93. The number of fused-ring (bicyclic) bond motifs is 1. The smallest absolute Gasteiger partial charge is 0.312 e. The van der Waals surface area contributed by atoms with Gasteiger partial charge in [-0.15, -0.1) is 0 Å². The Morgan fingerprint density at radius 3 is 3.00 bits per heavy atom. The van der Waals surface area contributed by atoms with E-state index in [1.807, 2.05) is 0 Å². The first-order chi connectivity index (χ1) is 7.02. The molecule has 1 aromatic rings. The highest BCUT2D eigenvalue weighted by Gasteiger charge is 2.32. The Morgan fingerprint density at radius 2 is 2.40 bits per heavy atom. The summed E-state index contributed by atoms with van der Waals surface area (Å²) in [5, 5.41) is 12.1. The number of anilines is 1. The molecule has 1 unspecified atom stereocenters. The van der Waals surface area contributed by atoms with Crippen molar-refractivity contribution in [2.24, 2.45) is 0 Å². The van der Waals surface area contributed by atoms with Crippen LogP contribution in [0.5, 0.6) is 0 Å². The lowest BCUT2D eigenvalue weighted by molar-refractivity contribution is -0.138. The third-order valence-electron chi connectivity index (χ3n) is 2.65. The molecule has 0 bridgehead atoms. The molecule has 5 heteroatoms. The van der Waals surface area contributed by atoms with E-state index in [1.165, 1.54) is 6.07 Å². The predicted octanol–water partition coefficient (Wildman–Crippen LogP) is 2.38. The average molecular weight is 230 g/mol. The topological polar surface area (TPSA) is 49.3 Å². The van der Waals surface area contributed by atoms with Crippen LogP contribution in [0.4, 0.5) is 10.1 Å². The van der Waals surface area contributed by atoms with Gasteiger partial charge in [-0.05, 0) is 24.1 Å². The van der Waals surface area contributed by atoms with E-state index in [2.05, 4.69) is 5.32 Å². The van der Waals surface area contributed by atoms with Gasteiger partial charge in [0.05, 0.1) is 10.7 Å². The Labute approximate surface area is 90.9 Å². The molecule has 15 heavy (non-hydrogen) atoms. The molecular weight excluding hydrogens is 221 g/mol. The van der Waals surface area contributed by atoms with Crippen LogP contribution in [0.3, 0.4) is 0 Å². The van der Waals surface area contributed by atoms with Gasteiger partial charge in [-0.3, -0.25) is 4.79 Å². The summed E-state index contributed by atoms with van der Waals surface area (Å²) in [5.74, 6) is -2.15. The Balaban J connectivity index is 2.65. The molecule has 1 heterocycles. The zero-order valence-electron chi connectivity index (χ0n) is 7.97. The van der Waals surface area contributed by atoms with Crippen LogP contribution in [0.25, 0.3) is 0 Å². The van der Waals surface area contributed by atoms with Crippen molar-refractivity contribution in [1.29, 1.82) is 0 Å². The highest BCUT2D eigenvalue weighted by atomic mass is 35.5. The van der Waals surface area contributed by atoms with Crippen LogP contribution >= 0.6 is 11.6 Å². The summed E-state index contributed by atoms with van der Waals surface area (Å²) in [7, 11) is 0. The largest absolute Gasteiger partial charge is 0.481 e. The summed E-state index contributed by atoms with van der Waals surface area (Å²) in [4.78, 5) is 10.9. The summed E-state index contributed by atoms with van der Waals surface area (Å²) < 4.78 is 13.4. The average Bonchev–Trinajstić information content (AvgIpc) is 2.58. The zero-order chi connectivity index (χ0) is 11.2. The molecule has 0 spiro atoms. The normalized spacial score (nSPS) is 18.5. The molecule has 0 radical (unpaired) electrons. The number of halogens is 2. The predicted molar refractivity (Wildman–Crippen MR) is 55.0 cm³/mol. The number of carboxylic acid groups (broad SMARTS) is 1. The number of hydrogen-bond donors (Lipinski definition) is 2. The molecule has 1 aromatic carbocycles. The second kappa shape index (κ2) is 3.38. The van der Waals surface area contributed by atoms with Crippen LogP contribution in [-0.4, -0.2) is 17.6 Å². The van der Waals surface area contributed by atoms with Gasteiger partial charge in [-0.1, -0.05) is 11.6 Å². The van der Waals surface area contributed by atoms with Crippen molar-refractivity contribution in [3.63, 3.8) is 0 Å². The van der Waals surface area contributed by atoms with Crippen LogP contribution < -0.4 is 5.32 Å². The van der Waals surface area contributed by atoms with Gasteiger partial charge >= 0.3 is 5.97 Å². The third-order valence-corrected chi connectivity index (χ3v) is 2.95. The van der Waals surface area contributed by atoms with E-state index in [0.29, 0.717) is 16.8 Å². The van der Waals surface area contributed by atoms with Crippen molar-refractivity contribution in [2.75, 3.05) is 11.9 Å². The van der Waals surface area contributed by atoms with Crippen LogP contribution in [0.2, 0.25) is 5.02 Å². The number of hydrogen-bond acceptors (Lipinski definition) is 2. The van der Waals surface area contributed by atoms with Gasteiger partial charge in [0.1, 0.15) is 11.7 Å². The second-order valence-electron chi connectivity index (χ2n) is 3.53. The molecule has 2 rings (SSSR count). The van der Waals surface area contributed by atoms with Crippen LogP contribution in [0, 0.1) is 12.7 Å². The Morgan fingerprint density at radius 1 is 1.73 bits per heavy atom. The van der Waals surface area contributed by atoms with E-state index in [9.17, 15) is 9.18 Å². The maximum absolute atomic E-state index is 13.4. The molecule has 0 aromatic heterocycles. The van der Waals surface area contributed by atoms with Gasteiger partial charge in [0, 0.05) is 6.54 Å². The molecule has 0 amide bonds. The summed E-state index contributed by atoms with van der Waals surface area (Å²) in [6.45, 7) is 1.82. The third kappa shape index (κ3) is 1.45. The lowest BCUT2D eigenvalue weighted by atomic mass is 9.96. The van der Waals surface area contributed by atoms with E-state index < -0.39 is 17.7 Å². The first-order valence-corrected chi connectivity index (χ1v) is 4.85. The minimum Gasteiger partial charge on any atom is -0.481 e. The first kappa shape index (κ1) is 10.2. The van der Waals surface area contributed by atoms with E-state index in [0.717, 1.165) is 0 Å². The molecule has 80 valence electrons. The van der Waals surface area contributed by atoms with Crippen LogP contribution in [0.15, 0.2) is 6.07 Å². The van der Waals surface area contributed by atoms with Crippen molar-refractivity contribution >= 4 is 23.3 Å². The van der Waals surface area contributed by atoms with Gasteiger partial charge in [-0.2, -0.15) is 0 Å². The fraction of sp³-hybridized carbons (Fsp3) is 0.300. The molecule has 0 fully saturated rings. The summed E-state index contributed by atoms with van der Waals surface area (Å²) in [6, 6.07) is 1.20. The highest BCUT2D eigenvalue weighted by molar-refractivity contribution is 6.33. The highest BCUT2D eigenvalue weighted by Crippen LogP contribution is 2.40.